The zero-order valence-corrected chi connectivity index (χ0v) is 20.4. The van der Waals surface area contributed by atoms with Crippen molar-refractivity contribution >= 4 is 29.5 Å². The Balaban J connectivity index is 2.41. The third kappa shape index (κ3) is 4.44. The fraction of sp³-hybridized carbons (Fsp3) is 0.346. The lowest BCUT2D eigenvalue weighted by atomic mass is 9.54. The Morgan fingerprint density at radius 3 is 2.21 bits per heavy atom. The maximum absolute atomic E-state index is 13.7. The summed E-state index contributed by atoms with van der Waals surface area (Å²) in [5.41, 5.74) is -3.70. The molecule has 2 aromatic rings. The van der Waals surface area contributed by atoms with Gasteiger partial charge in [-0.15, -0.1) is 0 Å². The molecule has 3 rings (SSSR count). The SMILES string of the molecule is COC(=O)[C@H](C)C1(C(=O)O)C(c2ccc(C#N)cc2)C(C(=O)O)C(=O)N(c2cccc(C(F)(F)F)c2)C1C. The molecule has 1 fully saturated rings. The summed E-state index contributed by atoms with van der Waals surface area (Å²) in [4.78, 5) is 52.9. The molecule has 0 saturated carbocycles. The van der Waals surface area contributed by atoms with Crippen molar-refractivity contribution in [3.63, 3.8) is 0 Å². The summed E-state index contributed by atoms with van der Waals surface area (Å²) in [6.45, 7) is 2.44. The van der Waals surface area contributed by atoms with E-state index in [9.17, 15) is 42.6 Å². The molecule has 200 valence electrons. The molecular formula is C26H23F3N2O7. The Hall–Kier alpha value is -4.40. The predicted molar refractivity (Wildman–Crippen MR) is 125 cm³/mol. The van der Waals surface area contributed by atoms with E-state index in [1.165, 1.54) is 38.1 Å². The highest BCUT2D eigenvalue weighted by Crippen LogP contribution is 2.56. The van der Waals surface area contributed by atoms with E-state index in [1.54, 1.807) is 0 Å². The van der Waals surface area contributed by atoms with Gasteiger partial charge in [0.1, 0.15) is 11.3 Å². The molecule has 1 amide bonds. The monoisotopic (exact) mass is 532 g/mol. The van der Waals surface area contributed by atoms with Gasteiger partial charge in [-0.05, 0) is 42.8 Å². The molecule has 1 aliphatic rings. The quantitative estimate of drug-likeness (QED) is 0.423. The molecule has 0 aliphatic carbocycles. The van der Waals surface area contributed by atoms with Crippen molar-refractivity contribution in [1.82, 2.24) is 0 Å². The first-order valence-corrected chi connectivity index (χ1v) is 11.3. The highest BCUT2D eigenvalue weighted by Gasteiger charge is 2.67. The van der Waals surface area contributed by atoms with E-state index in [4.69, 9.17) is 10.00 Å². The molecule has 0 bridgehead atoms. The fourth-order valence-electron chi connectivity index (χ4n) is 5.40. The molecule has 1 aliphatic heterocycles. The van der Waals surface area contributed by atoms with Crippen molar-refractivity contribution in [3.05, 3.63) is 65.2 Å². The van der Waals surface area contributed by atoms with Crippen LogP contribution in [0.5, 0.6) is 0 Å². The number of rotatable bonds is 6. The number of esters is 1. The van der Waals surface area contributed by atoms with Gasteiger partial charge in [-0.1, -0.05) is 25.1 Å². The molecule has 1 heterocycles. The lowest BCUT2D eigenvalue weighted by Crippen LogP contribution is -2.68. The van der Waals surface area contributed by atoms with Gasteiger partial charge < -0.3 is 19.8 Å². The van der Waals surface area contributed by atoms with Crippen LogP contribution in [0.4, 0.5) is 18.9 Å². The summed E-state index contributed by atoms with van der Waals surface area (Å²) in [6.07, 6.45) is -4.81. The second-order valence-electron chi connectivity index (χ2n) is 8.94. The second-order valence-corrected chi connectivity index (χ2v) is 8.94. The summed E-state index contributed by atoms with van der Waals surface area (Å²) in [7, 11) is 1.00. The summed E-state index contributed by atoms with van der Waals surface area (Å²) in [5.74, 6) is -10.9. The van der Waals surface area contributed by atoms with Gasteiger partial charge in [0, 0.05) is 11.6 Å². The summed E-state index contributed by atoms with van der Waals surface area (Å²) in [5, 5.41) is 30.0. The Bertz CT molecular complexity index is 1320. The maximum Gasteiger partial charge on any atom is 0.416 e. The highest BCUT2D eigenvalue weighted by molar-refractivity contribution is 6.10. The van der Waals surface area contributed by atoms with Gasteiger partial charge in [0.15, 0.2) is 0 Å². The third-order valence-electron chi connectivity index (χ3n) is 7.19. The van der Waals surface area contributed by atoms with E-state index >= 15 is 0 Å². The number of benzene rings is 2. The second kappa shape index (κ2) is 10.2. The first-order valence-electron chi connectivity index (χ1n) is 11.3. The Kier molecular flexibility index (Phi) is 7.53. The van der Waals surface area contributed by atoms with Crippen LogP contribution in [-0.4, -0.2) is 47.2 Å². The molecule has 5 atom stereocenters. The van der Waals surface area contributed by atoms with Gasteiger partial charge in [0.05, 0.1) is 36.3 Å². The van der Waals surface area contributed by atoms with Crippen LogP contribution in [0.25, 0.3) is 0 Å². The van der Waals surface area contributed by atoms with Crippen LogP contribution in [0.3, 0.4) is 0 Å². The summed E-state index contributed by atoms with van der Waals surface area (Å²) >= 11 is 0. The number of halogens is 3. The molecular weight excluding hydrogens is 509 g/mol. The van der Waals surface area contributed by atoms with Crippen LogP contribution in [-0.2, 0) is 30.1 Å². The molecule has 2 N–H and O–H groups in total. The number of nitrogens with zero attached hydrogens (tertiary/aromatic N) is 2. The molecule has 12 heteroatoms. The Morgan fingerprint density at radius 2 is 1.74 bits per heavy atom. The number of piperidine rings is 1. The van der Waals surface area contributed by atoms with Crippen molar-refractivity contribution < 1.29 is 47.3 Å². The molecule has 1 saturated heterocycles. The van der Waals surface area contributed by atoms with Crippen LogP contribution in [0.2, 0.25) is 0 Å². The van der Waals surface area contributed by atoms with E-state index in [1.807, 2.05) is 6.07 Å². The van der Waals surface area contributed by atoms with Crippen LogP contribution < -0.4 is 4.90 Å². The van der Waals surface area contributed by atoms with Gasteiger partial charge in [-0.3, -0.25) is 19.2 Å². The van der Waals surface area contributed by atoms with Crippen molar-refractivity contribution in [2.24, 2.45) is 17.3 Å². The topological polar surface area (TPSA) is 145 Å². The number of hydrogen-bond acceptors (Lipinski definition) is 6. The van der Waals surface area contributed by atoms with Crippen molar-refractivity contribution in [3.8, 4) is 6.07 Å². The Morgan fingerprint density at radius 1 is 1.13 bits per heavy atom. The smallest absolute Gasteiger partial charge is 0.416 e. The van der Waals surface area contributed by atoms with E-state index in [0.717, 1.165) is 25.3 Å². The van der Waals surface area contributed by atoms with E-state index < -0.39 is 64.8 Å². The van der Waals surface area contributed by atoms with Crippen molar-refractivity contribution in [2.75, 3.05) is 12.0 Å². The first kappa shape index (κ1) is 28.2. The average molecular weight is 532 g/mol. The number of aliphatic carboxylic acids is 2. The molecule has 2 aromatic carbocycles. The number of carboxylic acid groups (broad SMARTS) is 2. The van der Waals surface area contributed by atoms with Crippen molar-refractivity contribution in [1.29, 1.82) is 5.26 Å². The highest BCUT2D eigenvalue weighted by atomic mass is 19.4. The van der Waals surface area contributed by atoms with Gasteiger partial charge >= 0.3 is 24.1 Å². The van der Waals surface area contributed by atoms with Crippen LogP contribution in [0.15, 0.2) is 48.5 Å². The van der Waals surface area contributed by atoms with Gasteiger partial charge in [0.25, 0.3) is 0 Å². The normalized spacial score (nSPS) is 24.3. The minimum Gasteiger partial charge on any atom is -0.481 e. The maximum atomic E-state index is 13.7. The minimum atomic E-state index is -4.81. The van der Waals surface area contributed by atoms with Crippen LogP contribution >= 0.6 is 0 Å². The van der Waals surface area contributed by atoms with E-state index in [0.29, 0.717) is 11.0 Å². The molecule has 9 nitrogen and oxygen atoms in total. The predicted octanol–water partition coefficient (Wildman–Crippen LogP) is 3.68. The number of carboxylic acids is 2. The first-order chi connectivity index (χ1) is 17.7. The number of carbonyl (C=O) groups excluding carboxylic acids is 2. The van der Waals surface area contributed by atoms with Gasteiger partial charge in [-0.2, -0.15) is 18.4 Å². The molecule has 38 heavy (non-hydrogen) atoms. The van der Waals surface area contributed by atoms with Gasteiger partial charge in [0.2, 0.25) is 5.91 Å². The number of alkyl halides is 3. The van der Waals surface area contributed by atoms with Crippen LogP contribution in [0, 0.1) is 28.6 Å². The van der Waals surface area contributed by atoms with E-state index in [2.05, 4.69) is 0 Å². The Labute approximate surface area is 215 Å². The molecule has 4 unspecified atom stereocenters. The fourth-order valence-corrected chi connectivity index (χ4v) is 5.40. The third-order valence-corrected chi connectivity index (χ3v) is 7.19. The number of nitriles is 1. The lowest BCUT2D eigenvalue weighted by Gasteiger charge is -2.54. The number of ether oxygens (including phenoxy) is 1. The zero-order chi connectivity index (χ0) is 28.6. The number of hydrogen-bond donors (Lipinski definition) is 2. The lowest BCUT2D eigenvalue weighted by molar-refractivity contribution is -0.175. The molecule has 0 radical (unpaired) electrons. The molecule has 0 spiro atoms. The average Bonchev–Trinajstić information content (AvgIpc) is 2.87. The number of anilines is 1. The zero-order valence-electron chi connectivity index (χ0n) is 20.4. The largest absolute Gasteiger partial charge is 0.481 e. The minimum absolute atomic E-state index is 0.0402. The van der Waals surface area contributed by atoms with Crippen LogP contribution in [0.1, 0.15) is 36.5 Å². The number of methoxy groups -OCH3 is 1. The summed E-state index contributed by atoms with van der Waals surface area (Å²) in [6, 6.07) is 9.04. The molecule has 0 aromatic heterocycles. The number of carbonyl (C=O) groups is 4. The van der Waals surface area contributed by atoms with E-state index in [-0.39, 0.29) is 16.8 Å². The van der Waals surface area contributed by atoms with Crippen molar-refractivity contribution in [2.45, 2.75) is 32.0 Å². The summed E-state index contributed by atoms with van der Waals surface area (Å²) < 4.78 is 45.2. The number of amides is 1. The van der Waals surface area contributed by atoms with Gasteiger partial charge in [-0.25, -0.2) is 0 Å². The standard InChI is InChI=1S/C26H23F3N2O7/c1-13(23(35)38-3)25(24(36)37)14(2)31(18-6-4-5-17(11-18)26(27,28)29)21(32)19(22(33)34)20(25)16-9-7-15(12-30)8-10-16/h4-11,13-14,19-20H,1-3H3,(H,33,34)(H,36,37)/t13-,14?,19?,20?,25?/m0/s1.